The van der Waals surface area contributed by atoms with Gasteiger partial charge in [-0.3, -0.25) is 4.79 Å². The molecule has 0 fully saturated rings. The minimum Gasteiger partial charge on any atom is -0.365 e. The number of thiophene rings is 1. The van der Waals surface area contributed by atoms with Crippen LogP contribution in [0.15, 0.2) is 24.3 Å². The van der Waals surface area contributed by atoms with Gasteiger partial charge in [0.25, 0.3) is 5.91 Å². The lowest BCUT2D eigenvalue weighted by molar-refractivity contribution is -0.137. The molecular formula is C10H6F3NOS. The molecule has 0 saturated heterocycles. The zero-order chi connectivity index (χ0) is 11.9. The molecule has 0 aliphatic carbocycles. The van der Waals surface area contributed by atoms with Crippen molar-refractivity contribution in [2.45, 2.75) is 6.18 Å². The summed E-state index contributed by atoms with van der Waals surface area (Å²) in [7, 11) is 0. The number of nitrogens with two attached hydrogens (primary N) is 1. The minimum absolute atomic E-state index is 0.259. The molecule has 0 atom stereocenters. The predicted molar refractivity (Wildman–Crippen MR) is 55.3 cm³/mol. The number of benzene rings is 1. The number of alkyl halides is 3. The smallest absolute Gasteiger partial charge is 0.365 e. The van der Waals surface area contributed by atoms with E-state index in [1.807, 2.05) is 0 Å². The summed E-state index contributed by atoms with van der Waals surface area (Å²) in [5.74, 6) is -0.630. The summed E-state index contributed by atoms with van der Waals surface area (Å²) in [5.41, 5.74) is 4.33. The predicted octanol–water partition coefficient (Wildman–Crippen LogP) is 3.02. The molecule has 1 aromatic heterocycles. The van der Waals surface area contributed by atoms with Gasteiger partial charge >= 0.3 is 6.18 Å². The summed E-state index contributed by atoms with van der Waals surface area (Å²) < 4.78 is 37.6. The molecule has 0 aliphatic rings. The van der Waals surface area contributed by atoms with Crippen LogP contribution in [0.1, 0.15) is 15.2 Å². The van der Waals surface area contributed by atoms with Gasteiger partial charge in [-0.25, -0.2) is 0 Å². The Morgan fingerprint density at radius 2 is 1.94 bits per heavy atom. The molecule has 0 aliphatic heterocycles. The summed E-state index contributed by atoms with van der Waals surface area (Å²) in [5, 5.41) is 0.590. The number of rotatable bonds is 1. The van der Waals surface area contributed by atoms with Crippen LogP contribution in [0.4, 0.5) is 13.2 Å². The van der Waals surface area contributed by atoms with Crippen molar-refractivity contribution in [1.29, 1.82) is 0 Å². The lowest BCUT2D eigenvalue weighted by Crippen LogP contribution is -2.07. The van der Waals surface area contributed by atoms with Crippen molar-refractivity contribution >= 4 is 27.3 Å². The standard InChI is InChI=1S/C10H6F3NOS/c11-10(12,13)6-2-1-5-3-8(9(14)15)16-7(5)4-6/h1-4H,(H2,14,15). The van der Waals surface area contributed by atoms with Crippen molar-refractivity contribution in [3.05, 3.63) is 34.7 Å². The van der Waals surface area contributed by atoms with Gasteiger partial charge < -0.3 is 5.73 Å². The fourth-order valence-corrected chi connectivity index (χ4v) is 2.28. The molecule has 0 saturated carbocycles. The molecule has 1 aromatic carbocycles. The molecule has 0 unspecified atom stereocenters. The molecule has 2 rings (SSSR count). The van der Waals surface area contributed by atoms with Crippen LogP contribution in [0.5, 0.6) is 0 Å². The van der Waals surface area contributed by atoms with Gasteiger partial charge in [-0.2, -0.15) is 13.2 Å². The Bertz CT molecular complexity index is 559. The molecule has 2 aromatic rings. The Labute approximate surface area is 92.5 Å². The second-order valence-corrected chi connectivity index (χ2v) is 4.31. The van der Waals surface area contributed by atoms with Crippen molar-refractivity contribution in [2.75, 3.05) is 0 Å². The summed E-state index contributed by atoms with van der Waals surface area (Å²) >= 11 is 0.961. The molecule has 16 heavy (non-hydrogen) atoms. The topological polar surface area (TPSA) is 43.1 Å². The number of amides is 1. The summed E-state index contributed by atoms with van der Waals surface area (Å²) in [6.07, 6.45) is -4.37. The van der Waals surface area contributed by atoms with Gasteiger partial charge in [0.15, 0.2) is 0 Å². The van der Waals surface area contributed by atoms with Crippen molar-refractivity contribution in [3.63, 3.8) is 0 Å². The highest BCUT2D eigenvalue weighted by atomic mass is 32.1. The van der Waals surface area contributed by atoms with E-state index < -0.39 is 17.6 Å². The van der Waals surface area contributed by atoms with E-state index in [0.717, 1.165) is 23.5 Å². The normalized spacial score (nSPS) is 11.9. The highest BCUT2D eigenvalue weighted by molar-refractivity contribution is 7.20. The first-order valence-corrected chi connectivity index (χ1v) is 5.10. The van der Waals surface area contributed by atoms with Gasteiger partial charge in [0, 0.05) is 4.70 Å². The fraction of sp³-hybridized carbons (Fsp3) is 0.100. The van der Waals surface area contributed by atoms with E-state index in [1.54, 1.807) is 0 Å². The van der Waals surface area contributed by atoms with Crippen molar-refractivity contribution in [3.8, 4) is 0 Å². The third kappa shape index (κ3) is 1.88. The molecule has 0 spiro atoms. The van der Waals surface area contributed by atoms with Gasteiger partial charge in [-0.15, -0.1) is 11.3 Å². The molecular weight excluding hydrogens is 239 g/mol. The Morgan fingerprint density at radius 3 is 2.50 bits per heavy atom. The maximum Gasteiger partial charge on any atom is 0.416 e. The highest BCUT2D eigenvalue weighted by Crippen LogP contribution is 2.34. The van der Waals surface area contributed by atoms with Gasteiger partial charge in [-0.05, 0) is 23.6 Å². The van der Waals surface area contributed by atoms with Crippen molar-refractivity contribution in [2.24, 2.45) is 5.73 Å². The van der Waals surface area contributed by atoms with E-state index in [4.69, 9.17) is 5.73 Å². The van der Waals surface area contributed by atoms with Gasteiger partial charge in [0.1, 0.15) is 0 Å². The fourth-order valence-electron chi connectivity index (χ4n) is 1.33. The SMILES string of the molecule is NC(=O)c1cc2ccc(C(F)(F)F)cc2s1. The maximum atomic E-state index is 12.4. The maximum absolute atomic E-state index is 12.4. The largest absolute Gasteiger partial charge is 0.416 e. The number of fused-ring (bicyclic) bond motifs is 1. The van der Waals surface area contributed by atoms with E-state index in [9.17, 15) is 18.0 Å². The molecule has 2 nitrogen and oxygen atoms in total. The van der Waals surface area contributed by atoms with Gasteiger partial charge in [0.2, 0.25) is 0 Å². The lowest BCUT2D eigenvalue weighted by Gasteiger charge is -2.05. The van der Waals surface area contributed by atoms with Crippen molar-refractivity contribution in [1.82, 2.24) is 0 Å². The third-order valence-electron chi connectivity index (χ3n) is 2.09. The number of hydrogen-bond acceptors (Lipinski definition) is 2. The average molecular weight is 245 g/mol. The summed E-state index contributed by atoms with van der Waals surface area (Å²) in [4.78, 5) is 11.1. The van der Waals surface area contributed by atoms with Crippen LogP contribution in [0.3, 0.4) is 0 Å². The second kappa shape index (κ2) is 3.48. The Hall–Kier alpha value is -1.56. The molecule has 6 heteroatoms. The lowest BCUT2D eigenvalue weighted by atomic mass is 10.1. The zero-order valence-electron chi connectivity index (χ0n) is 7.84. The van der Waals surface area contributed by atoms with Crippen LogP contribution in [0, 0.1) is 0 Å². The highest BCUT2D eigenvalue weighted by Gasteiger charge is 2.30. The number of halogens is 3. The molecule has 1 amide bonds. The summed E-state index contributed by atoms with van der Waals surface area (Å²) in [6.45, 7) is 0. The van der Waals surface area contributed by atoms with Gasteiger partial charge in [0.05, 0.1) is 10.4 Å². The molecule has 2 N–H and O–H groups in total. The van der Waals surface area contributed by atoms with Crippen LogP contribution in [0.2, 0.25) is 0 Å². The first kappa shape index (κ1) is 10.9. The Balaban J connectivity index is 2.58. The van der Waals surface area contributed by atoms with Crippen LogP contribution >= 0.6 is 11.3 Å². The second-order valence-electron chi connectivity index (χ2n) is 3.23. The van der Waals surface area contributed by atoms with Crippen LogP contribution in [0.25, 0.3) is 10.1 Å². The number of primary amides is 1. The number of hydrogen-bond donors (Lipinski definition) is 1. The first-order valence-electron chi connectivity index (χ1n) is 4.28. The molecule has 0 radical (unpaired) electrons. The zero-order valence-corrected chi connectivity index (χ0v) is 8.65. The number of carbonyl (C=O) groups excluding carboxylic acids is 1. The Morgan fingerprint density at radius 1 is 1.25 bits per heavy atom. The Kier molecular flexibility index (Phi) is 2.38. The molecule has 1 heterocycles. The van der Waals surface area contributed by atoms with Crippen LogP contribution in [-0.4, -0.2) is 5.91 Å². The van der Waals surface area contributed by atoms with E-state index >= 15 is 0 Å². The van der Waals surface area contributed by atoms with Crippen molar-refractivity contribution < 1.29 is 18.0 Å². The van der Waals surface area contributed by atoms with Gasteiger partial charge in [-0.1, -0.05) is 6.07 Å². The summed E-state index contributed by atoms with van der Waals surface area (Å²) in [6, 6.07) is 4.83. The van der Waals surface area contributed by atoms with E-state index in [2.05, 4.69) is 0 Å². The third-order valence-corrected chi connectivity index (χ3v) is 3.20. The number of carbonyl (C=O) groups is 1. The first-order chi connectivity index (χ1) is 7.38. The van der Waals surface area contributed by atoms with E-state index in [1.165, 1.54) is 12.1 Å². The van der Waals surface area contributed by atoms with Crippen LogP contribution in [-0.2, 0) is 6.18 Å². The molecule has 0 bridgehead atoms. The van der Waals surface area contributed by atoms with E-state index in [-0.39, 0.29) is 4.88 Å². The average Bonchev–Trinajstić information content (AvgIpc) is 2.58. The van der Waals surface area contributed by atoms with E-state index in [0.29, 0.717) is 10.1 Å². The van der Waals surface area contributed by atoms with Crippen LogP contribution < -0.4 is 5.73 Å². The minimum atomic E-state index is -4.37. The quantitative estimate of drug-likeness (QED) is 0.824. The molecule has 84 valence electrons. The monoisotopic (exact) mass is 245 g/mol.